The molecule has 0 radical (unpaired) electrons. The van der Waals surface area contributed by atoms with Gasteiger partial charge in [0.25, 0.3) is 0 Å². The Labute approximate surface area is 105 Å². The van der Waals surface area contributed by atoms with Crippen LogP contribution in [0.5, 0.6) is 0 Å². The van der Waals surface area contributed by atoms with Crippen molar-refractivity contribution >= 4 is 22.5 Å². The van der Waals surface area contributed by atoms with Crippen LogP contribution >= 0.6 is 0 Å². The van der Waals surface area contributed by atoms with E-state index in [1.54, 1.807) is 6.07 Å². The maximum Gasteiger partial charge on any atom is 0.417 e. The summed E-state index contributed by atoms with van der Waals surface area (Å²) in [6, 6.07) is 4.25. The number of nitrogens with zero attached hydrogens (tertiary/aromatic N) is 1. The summed E-state index contributed by atoms with van der Waals surface area (Å²) in [7, 11) is 0. The van der Waals surface area contributed by atoms with Gasteiger partial charge < -0.3 is 15.1 Å². The highest BCUT2D eigenvalue weighted by molar-refractivity contribution is 5.85. The lowest BCUT2D eigenvalue weighted by atomic mass is 10.2. The number of oxazole rings is 1. The molecule has 0 bridgehead atoms. The lowest BCUT2D eigenvalue weighted by molar-refractivity contribution is 0.555. The quantitative estimate of drug-likeness (QED) is 0.811. The lowest BCUT2D eigenvalue weighted by Crippen LogP contribution is -2.27. The third kappa shape index (κ3) is 1.85. The molecule has 1 aromatic carbocycles. The van der Waals surface area contributed by atoms with Gasteiger partial charge >= 0.3 is 5.76 Å². The summed E-state index contributed by atoms with van der Waals surface area (Å²) in [4.78, 5) is 16.2. The Morgan fingerprint density at radius 1 is 1.50 bits per heavy atom. The number of anilines is 2. The monoisotopic (exact) mass is 247 g/mol. The normalized spacial score (nSPS) is 15.2. The Hall–Kier alpha value is -1.91. The SMILES string of the molecule is CCCN(c1cc2[nH]c(=O)oc2cc1N)C1CC1. The van der Waals surface area contributed by atoms with Gasteiger partial charge in [-0.2, -0.15) is 0 Å². The maximum atomic E-state index is 11.2. The average molecular weight is 247 g/mol. The molecule has 0 amide bonds. The van der Waals surface area contributed by atoms with E-state index in [1.165, 1.54) is 12.8 Å². The van der Waals surface area contributed by atoms with E-state index in [9.17, 15) is 4.79 Å². The highest BCUT2D eigenvalue weighted by Crippen LogP contribution is 2.36. The standard InChI is InChI=1S/C13H17N3O2/c1-2-5-16(8-3-4-8)11-7-10-12(6-9(11)14)18-13(17)15-10/h6-8H,2-5,14H2,1H3,(H,15,17). The first kappa shape index (κ1) is 11.2. The van der Waals surface area contributed by atoms with E-state index in [4.69, 9.17) is 10.2 Å². The summed E-state index contributed by atoms with van der Waals surface area (Å²) < 4.78 is 5.01. The van der Waals surface area contributed by atoms with Crippen molar-refractivity contribution in [2.75, 3.05) is 17.2 Å². The van der Waals surface area contributed by atoms with Crippen molar-refractivity contribution in [1.29, 1.82) is 0 Å². The van der Waals surface area contributed by atoms with Crippen molar-refractivity contribution in [3.8, 4) is 0 Å². The van der Waals surface area contributed by atoms with E-state index in [1.807, 2.05) is 6.07 Å². The van der Waals surface area contributed by atoms with E-state index in [-0.39, 0.29) is 0 Å². The number of H-pyrrole nitrogens is 1. The minimum absolute atomic E-state index is 0.435. The molecule has 0 saturated heterocycles. The molecule has 0 unspecified atom stereocenters. The number of nitrogens with two attached hydrogens (primary N) is 1. The van der Waals surface area contributed by atoms with Crippen molar-refractivity contribution in [2.24, 2.45) is 0 Å². The van der Waals surface area contributed by atoms with Gasteiger partial charge in [-0.05, 0) is 25.3 Å². The van der Waals surface area contributed by atoms with E-state index >= 15 is 0 Å². The van der Waals surface area contributed by atoms with Gasteiger partial charge in [-0.3, -0.25) is 4.98 Å². The maximum absolute atomic E-state index is 11.2. The number of nitrogens with one attached hydrogen (secondary N) is 1. The molecular formula is C13H17N3O2. The molecule has 5 heteroatoms. The van der Waals surface area contributed by atoms with Crippen LogP contribution in [0.2, 0.25) is 0 Å². The summed E-state index contributed by atoms with van der Waals surface area (Å²) in [5, 5.41) is 0. The number of benzene rings is 1. The molecule has 1 aliphatic rings. The summed E-state index contributed by atoms with van der Waals surface area (Å²) in [5.41, 5.74) is 8.99. The van der Waals surface area contributed by atoms with Gasteiger partial charge in [-0.15, -0.1) is 0 Å². The van der Waals surface area contributed by atoms with E-state index < -0.39 is 5.76 Å². The first-order chi connectivity index (χ1) is 8.69. The fourth-order valence-electron chi connectivity index (χ4n) is 2.38. The molecule has 0 aliphatic heterocycles. The van der Waals surface area contributed by atoms with Crippen LogP contribution in [0, 0.1) is 0 Å². The van der Waals surface area contributed by atoms with E-state index in [0.717, 1.165) is 18.7 Å². The van der Waals surface area contributed by atoms with Crippen molar-refractivity contribution in [1.82, 2.24) is 4.98 Å². The van der Waals surface area contributed by atoms with E-state index in [0.29, 0.717) is 22.8 Å². The van der Waals surface area contributed by atoms with Gasteiger partial charge in [0.1, 0.15) is 0 Å². The molecule has 18 heavy (non-hydrogen) atoms. The van der Waals surface area contributed by atoms with Crippen LogP contribution in [0.1, 0.15) is 26.2 Å². The molecule has 3 N–H and O–H groups in total. The zero-order chi connectivity index (χ0) is 12.7. The molecule has 0 atom stereocenters. The molecule has 3 rings (SSSR count). The number of aromatic nitrogens is 1. The van der Waals surface area contributed by atoms with Gasteiger partial charge in [0.05, 0.1) is 16.9 Å². The van der Waals surface area contributed by atoms with Crippen LogP contribution in [-0.4, -0.2) is 17.6 Å². The fourth-order valence-corrected chi connectivity index (χ4v) is 2.38. The second-order valence-corrected chi connectivity index (χ2v) is 4.85. The minimum Gasteiger partial charge on any atom is -0.408 e. The Morgan fingerprint density at radius 3 is 2.94 bits per heavy atom. The highest BCUT2D eigenvalue weighted by atomic mass is 16.4. The van der Waals surface area contributed by atoms with Gasteiger partial charge in [-0.25, -0.2) is 4.79 Å². The zero-order valence-corrected chi connectivity index (χ0v) is 10.4. The van der Waals surface area contributed by atoms with Crippen LogP contribution in [0.4, 0.5) is 11.4 Å². The second-order valence-electron chi connectivity index (χ2n) is 4.85. The lowest BCUT2D eigenvalue weighted by Gasteiger charge is -2.25. The Kier molecular flexibility index (Phi) is 2.54. The largest absolute Gasteiger partial charge is 0.417 e. The van der Waals surface area contributed by atoms with E-state index in [2.05, 4.69) is 16.8 Å². The third-order valence-electron chi connectivity index (χ3n) is 3.33. The topological polar surface area (TPSA) is 75.3 Å². The number of hydrogen-bond acceptors (Lipinski definition) is 4. The molecule has 1 aliphatic carbocycles. The van der Waals surface area contributed by atoms with Crippen molar-refractivity contribution < 1.29 is 4.42 Å². The number of aromatic amines is 1. The molecule has 1 saturated carbocycles. The average Bonchev–Trinajstić information content (AvgIpc) is 3.08. The zero-order valence-electron chi connectivity index (χ0n) is 10.4. The van der Waals surface area contributed by atoms with Crippen molar-refractivity contribution in [3.05, 3.63) is 22.7 Å². The van der Waals surface area contributed by atoms with Crippen LogP contribution in [0.25, 0.3) is 11.1 Å². The van der Waals surface area contributed by atoms with Gasteiger partial charge in [0.2, 0.25) is 0 Å². The Bertz CT molecular complexity index is 625. The molecule has 0 spiro atoms. The van der Waals surface area contributed by atoms with Crippen LogP contribution < -0.4 is 16.4 Å². The van der Waals surface area contributed by atoms with Crippen molar-refractivity contribution in [3.63, 3.8) is 0 Å². The molecule has 2 aromatic rings. The molecule has 5 nitrogen and oxygen atoms in total. The number of hydrogen-bond donors (Lipinski definition) is 2. The number of rotatable bonds is 4. The first-order valence-electron chi connectivity index (χ1n) is 6.38. The molecular weight excluding hydrogens is 230 g/mol. The molecule has 1 fully saturated rings. The number of fused-ring (bicyclic) bond motifs is 1. The van der Waals surface area contributed by atoms with Crippen LogP contribution in [0.15, 0.2) is 21.3 Å². The van der Waals surface area contributed by atoms with Gasteiger partial charge in [0, 0.05) is 18.7 Å². The molecule has 1 heterocycles. The predicted octanol–water partition coefficient (Wildman–Crippen LogP) is 2.08. The fraction of sp³-hybridized carbons (Fsp3) is 0.462. The second kappa shape index (κ2) is 4.08. The number of nitrogen functional groups attached to an aromatic ring is 1. The molecule has 96 valence electrons. The summed E-state index contributed by atoms with van der Waals surface area (Å²) >= 11 is 0. The summed E-state index contributed by atoms with van der Waals surface area (Å²) in [5.74, 6) is -0.435. The third-order valence-corrected chi connectivity index (χ3v) is 3.33. The smallest absolute Gasteiger partial charge is 0.408 e. The van der Waals surface area contributed by atoms with Crippen molar-refractivity contribution in [2.45, 2.75) is 32.2 Å². The summed E-state index contributed by atoms with van der Waals surface area (Å²) in [6.45, 7) is 3.15. The van der Waals surface area contributed by atoms with Crippen LogP contribution in [0.3, 0.4) is 0 Å². The Morgan fingerprint density at radius 2 is 2.28 bits per heavy atom. The predicted molar refractivity (Wildman–Crippen MR) is 71.9 cm³/mol. The molecule has 1 aromatic heterocycles. The van der Waals surface area contributed by atoms with Crippen LogP contribution in [-0.2, 0) is 0 Å². The summed E-state index contributed by atoms with van der Waals surface area (Å²) in [6.07, 6.45) is 3.52. The highest BCUT2D eigenvalue weighted by Gasteiger charge is 2.30. The first-order valence-corrected chi connectivity index (χ1v) is 6.38. The minimum atomic E-state index is -0.435. The Balaban J connectivity index is 2.08. The van der Waals surface area contributed by atoms with Gasteiger partial charge in [0.15, 0.2) is 5.58 Å². The van der Waals surface area contributed by atoms with Gasteiger partial charge in [-0.1, -0.05) is 6.92 Å².